The van der Waals surface area contributed by atoms with Gasteiger partial charge in [-0.2, -0.15) is 4.79 Å². The van der Waals surface area contributed by atoms with Crippen molar-refractivity contribution in [2.45, 2.75) is 52.4 Å². The van der Waals surface area contributed by atoms with Crippen LogP contribution in [0, 0.1) is 23.2 Å². The van der Waals surface area contributed by atoms with Crippen molar-refractivity contribution in [3.05, 3.63) is 5.53 Å². The Labute approximate surface area is 103 Å². The second kappa shape index (κ2) is 4.73. The van der Waals surface area contributed by atoms with Crippen LogP contribution in [0.1, 0.15) is 52.4 Å². The van der Waals surface area contributed by atoms with Crippen LogP contribution in [0.4, 0.5) is 0 Å². The summed E-state index contributed by atoms with van der Waals surface area (Å²) in [6, 6.07) is 0. The van der Waals surface area contributed by atoms with E-state index in [0.29, 0.717) is 11.8 Å². The predicted octanol–water partition coefficient (Wildman–Crippen LogP) is 3.10. The van der Waals surface area contributed by atoms with Crippen LogP contribution in [0.25, 0.3) is 5.53 Å². The number of carbonyl (C=O) groups is 1. The largest absolute Gasteiger partial charge is 0.361 e. The first kappa shape index (κ1) is 12.5. The highest BCUT2D eigenvalue weighted by Gasteiger charge is 2.51. The van der Waals surface area contributed by atoms with E-state index in [9.17, 15) is 4.79 Å². The average molecular weight is 234 g/mol. The lowest BCUT2D eigenvalue weighted by Crippen LogP contribution is -2.30. The summed E-state index contributed by atoms with van der Waals surface area (Å²) in [7, 11) is 0. The molecule has 0 aromatic carbocycles. The Kier molecular flexibility index (Phi) is 3.48. The molecule has 2 bridgehead atoms. The van der Waals surface area contributed by atoms with E-state index >= 15 is 0 Å². The second-order valence-electron chi connectivity index (χ2n) is 6.30. The van der Waals surface area contributed by atoms with Gasteiger partial charge in [-0.1, -0.05) is 13.8 Å². The fourth-order valence-corrected chi connectivity index (χ4v) is 4.20. The molecule has 2 aliphatic rings. The van der Waals surface area contributed by atoms with E-state index in [1.165, 1.54) is 19.3 Å². The molecule has 2 rings (SSSR count). The molecule has 0 aromatic rings. The molecule has 0 aromatic heterocycles. The van der Waals surface area contributed by atoms with E-state index in [1.807, 2.05) is 0 Å². The van der Waals surface area contributed by atoms with E-state index in [2.05, 4.69) is 18.6 Å². The van der Waals surface area contributed by atoms with Crippen molar-refractivity contribution in [1.29, 1.82) is 0 Å². The third-order valence-corrected chi connectivity index (χ3v) is 5.19. The molecule has 0 amide bonds. The molecule has 3 heteroatoms. The maximum Gasteiger partial charge on any atom is 0.323 e. The van der Waals surface area contributed by atoms with Gasteiger partial charge in [0, 0.05) is 6.42 Å². The highest BCUT2D eigenvalue weighted by Crippen LogP contribution is 2.60. The van der Waals surface area contributed by atoms with Crippen LogP contribution in [0.3, 0.4) is 0 Å². The Bertz CT molecular complexity index is 355. The molecule has 94 valence electrons. The maximum absolute atomic E-state index is 11.2. The van der Waals surface area contributed by atoms with Gasteiger partial charge in [0.1, 0.15) is 0 Å². The number of hydrogen-bond donors (Lipinski definition) is 0. The summed E-state index contributed by atoms with van der Waals surface area (Å²) in [5.74, 6) is 2.54. The Balaban J connectivity index is 1.83. The summed E-state index contributed by atoms with van der Waals surface area (Å²) in [5.41, 5.74) is 8.73. The number of rotatable bonds is 5. The van der Waals surface area contributed by atoms with Gasteiger partial charge >= 0.3 is 6.21 Å². The second-order valence-corrected chi connectivity index (χ2v) is 6.30. The van der Waals surface area contributed by atoms with E-state index in [-0.39, 0.29) is 5.78 Å². The lowest BCUT2D eigenvalue weighted by molar-refractivity contribution is -0.116. The monoisotopic (exact) mass is 234 g/mol. The first-order valence-electron chi connectivity index (χ1n) is 6.76. The smallest absolute Gasteiger partial charge is 0.323 e. The van der Waals surface area contributed by atoms with Gasteiger partial charge in [0.05, 0.1) is 0 Å². The fourth-order valence-electron chi connectivity index (χ4n) is 4.20. The molecule has 2 aliphatic carbocycles. The minimum absolute atomic E-state index is 0.0616. The molecule has 17 heavy (non-hydrogen) atoms. The van der Waals surface area contributed by atoms with Crippen molar-refractivity contribution in [1.82, 2.24) is 0 Å². The molecule has 0 radical (unpaired) electrons. The summed E-state index contributed by atoms with van der Waals surface area (Å²) in [5, 5.41) is 0. The fraction of sp³-hybridized carbons (Fsp3) is 0.857. The molecule has 2 fully saturated rings. The zero-order chi connectivity index (χ0) is 12.5. The molecular formula is C14H22N2O. The summed E-state index contributed by atoms with van der Waals surface area (Å²) < 4.78 is 0. The van der Waals surface area contributed by atoms with Gasteiger partial charge in [-0.05, 0) is 55.3 Å². The number of nitrogens with zero attached hydrogens (tertiary/aromatic N) is 2. The normalized spacial score (nSPS) is 33.4. The topological polar surface area (TPSA) is 53.5 Å². The Morgan fingerprint density at radius 3 is 2.82 bits per heavy atom. The van der Waals surface area contributed by atoms with Crippen LogP contribution in [-0.4, -0.2) is 16.8 Å². The van der Waals surface area contributed by atoms with Gasteiger partial charge in [0.25, 0.3) is 0 Å². The number of ketones is 1. The van der Waals surface area contributed by atoms with Crippen LogP contribution >= 0.6 is 0 Å². The number of Topliss-reactive ketones (excluding diaryl/α,β-unsaturated/α-hetero) is 1. The Morgan fingerprint density at radius 2 is 2.24 bits per heavy atom. The van der Waals surface area contributed by atoms with Gasteiger partial charge in [0.2, 0.25) is 5.78 Å². The van der Waals surface area contributed by atoms with Gasteiger partial charge < -0.3 is 5.53 Å². The van der Waals surface area contributed by atoms with Crippen molar-refractivity contribution in [2.24, 2.45) is 23.2 Å². The maximum atomic E-state index is 11.2. The summed E-state index contributed by atoms with van der Waals surface area (Å²) >= 11 is 0. The number of carbonyl (C=O) groups excluding carboxylic acids is 1. The van der Waals surface area contributed by atoms with Crippen LogP contribution < -0.4 is 0 Å². The first-order chi connectivity index (χ1) is 8.05. The molecule has 0 aliphatic heterocycles. The molecule has 0 spiro atoms. The zero-order valence-electron chi connectivity index (χ0n) is 10.9. The molecule has 0 heterocycles. The van der Waals surface area contributed by atoms with E-state index in [0.717, 1.165) is 36.8 Å². The molecule has 0 unspecified atom stereocenters. The molecule has 2 saturated carbocycles. The Hall–Kier alpha value is -0.950. The quantitative estimate of drug-likeness (QED) is 0.409. The summed E-state index contributed by atoms with van der Waals surface area (Å²) in [6.45, 7) is 4.80. The van der Waals surface area contributed by atoms with Crippen molar-refractivity contribution in [3.8, 4) is 0 Å². The van der Waals surface area contributed by atoms with Crippen LogP contribution in [0.15, 0.2) is 0 Å². The van der Waals surface area contributed by atoms with E-state index < -0.39 is 0 Å². The third kappa shape index (κ3) is 2.35. The molecule has 3 atom stereocenters. The van der Waals surface area contributed by atoms with E-state index in [4.69, 9.17) is 5.53 Å². The van der Waals surface area contributed by atoms with Gasteiger partial charge in [-0.3, -0.25) is 4.79 Å². The van der Waals surface area contributed by atoms with Gasteiger partial charge in [-0.15, -0.1) is 0 Å². The molecule has 0 N–H and O–H groups in total. The van der Waals surface area contributed by atoms with Crippen molar-refractivity contribution >= 4 is 12.0 Å². The van der Waals surface area contributed by atoms with Crippen molar-refractivity contribution in [3.63, 3.8) is 0 Å². The molecule has 0 saturated heterocycles. The van der Waals surface area contributed by atoms with Crippen molar-refractivity contribution in [2.75, 3.05) is 0 Å². The van der Waals surface area contributed by atoms with Gasteiger partial charge in [-0.25, -0.2) is 0 Å². The van der Waals surface area contributed by atoms with Crippen molar-refractivity contribution < 1.29 is 9.58 Å². The van der Waals surface area contributed by atoms with Crippen LogP contribution in [0.5, 0.6) is 0 Å². The van der Waals surface area contributed by atoms with Crippen LogP contribution in [0.2, 0.25) is 0 Å². The van der Waals surface area contributed by atoms with Crippen LogP contribution in [-0.2, 0) is 4.79 Å². The minimum atomic E-state index is -0.0616. The third-order valence-electron chi connectivity index (χ3n) is 5.19. The lowest BCUT2D eigenvalue weighted by Gasteiger charge is -2.38. The summed E-state index contributed by atoms with van der Waals surface area (Å²) in [4.78, 5) is 14.0. The number of fused-ring (bicyclic) bond motifs is 2. The minimum Gasteiger partial charge on any atom is -0.361 e. The highest BCUT2D eigenvalue weighted by molar-refractivity contribution is 6.25. The lowest BCUT2D eigenvalue weighted by atomic mass is 9.67. The van der Waals surface area contributed by atoms with Gasteiger partial charge in [0.15, 0.2) is 0 Å². The number of hydrogen-bond acceptors (Lipinski definition) is 1. The zero-order valence-corrected chi connectivity index (χ0v) is 10.9. The molecular weight excluding hydrogens is 212 g/mol. The first-order valence-corrected chi connectivity index (χ1v) is 6.76. The average Bonchev–Trinajstić information content (AvgIpc) is 2.80. The Morgan fingerprint density at radius 1 is 1.47 bits per heavy atom. The highest BCUT2D eigenvalue weighted by atomic mass is 16.1. The predicted molar refractivity (Wildman–Crippen MR) is 66.6 cm³/mol. The summed E-state index contributed by atoms with van der Waals surface area (Å²) in [6.07, 6.45) is 7.83. The molecule has 3 nitrogen and oxygen atoms in total. The van der Waals surface area contributed by atoms with E-state index in [1.54, 1.807) is 0 Å². The standard InChI is InChI=1S/C14H22N2O/c1-14(2)11-7-6-10(8-11)13(14)5-3-4-12(17)9-16-15/h9-11,13H,3-8H2,1-2H3/t10-,11+,13+/m1/s1. The SMILES string of the molecule is CC1(C)[C@H]2CC[C@H](C2)[C@@H]1CCCC(=O)C=[N+]=[N-].